The minimum atomic E-state index is -0.269. The van der Waals surface area contributed by atoms with Crippen molar-refractivity contribution < 1.29 is 4.74 Å². The van der Waals surface area contributed by atoms with E-state index in [-0.39, 0.29) is 17.2 Å². The number of rotatable bonds is 4. The molecule has 2 fully saturated rings. The van der Waals surface area contributed by atoms with Crippen molar-refractivity contribution in [2.45, 2.75) is 25.3 Å². The Morgan fingerprint density at radius 1 is 1.17 bits per heavy atom. The van der Waals surface area contributed by atoms with Crippen molar-refractivity contribution in [2.24, 2.45) is 0 Å². The molecule has 152 valence electrons. The highest BCUT2D eigenvalue weighted by molar-refractivity contribution is 5.77. The second-order valence-electron chi connectivity index (χ2n) is 7.67. The van der Waals surface area contributed by atoms with Gasteiger partial charge in [0.2, 0.25) is 5.95 Å². The highest BCUT2D eigenvalue weighted by Crippen LogP contribution is 2.32. The van der Waals surface area contributed by atoms with Crippen molar-refractivity contribution >= 4 is 28.4 Å². The van der Waals surface area contributed by atoms with E-state index in [1.54, 1.807) is 16.8 Å². The van der Waals surface area contributed by atoms with Crippen LogP contribution < -0.4 is 15.8 Å². The number of anilines is 3. The summed E-state index contributed by atoms with van der Waals surface area (Å²) in [6.07, 6.45) is 4.61. The van der Waals surface area contributed by atoms with E-state index in [4.69, 9.17) is 4.74 Å². The minimum Gasteiger partial charge on any atom is -0.378 e. The Kier molecular flexibility index (Phi) is 4.81. The van der Waals surface area contributed by atoms with E-state index in [1.807, 2.05) is 18.2 Å². The smallest absolute Gasteiger partial charge is 0.270 e. The van der Waals surface area contributed by atoms with Crippen LogP contribution in [0.25, 0.3) is 11.0 Å². The largest absolute Gasteiger partial charge is 0.378 e. The van der Waals surface area contributed by atoms with Crippen molar-refractivity contribution in [3.8, 4) is 6.07 Å². The Morgan fingerprint density at radius 2 is 1.93 bits per heavy atom. The molecular weight excluding hydrogens is 380 g/mol. The van der Waals surface area contributed by atoms with Crippen molar-refractivity contribution in [3.63, 3.8) is 0 Å². The second kappa shape index (κ2) is 7.76. The lowest BCUT2D eigenvalue weighted by atomic mass is 9.92. The first-order chi connectivity index (χ1) is 14.7. The van der Waals surface area contributed by atoms with Crippen LogP contribution in [0, 0.1) is 11.3 Å². The third kappa shape index (κ3) is 3.37. The van der Waals surface area contributed by atoms with E-state index < -0.39 is 0 Å². The van der Waals surface area contributed by atoms with E-state index >= 15 is 0 Å². The quantitative estimate of drug-likeness (QED) is 0.717. The van der Waals surface area contributed by atoms with Crippen molar-refractivity contribution in [1.29, 1.82) is 5.26 Å². The molecule has 1 aromatic carbocycles. The monoisotopic (exact) mass is 402 g/mol. The van der Waals surface area contributed by atoms with Gasteiger partial charge in [0.25, 0.3) is 5.56 Å². The predicted molar refractivity (Wildman–Crippen MR) is 114 cm³/mol. The highest BCUT2D eigenvalue weighted by Gasteiger charge is 2.24. The number of benzene rings is 1. The first-order valence-electron chi connectivity index (χ1n) is 10.2. The number of morpholine rings is 1. The summed E-state index contributed by atoms with van der Waals surface area (Å²) in [6.45, 7) is 3.29. The summed E-state index contributed by atoms with van der Waals surface area (Å²) < 4.78 is 7.08. The third-order valence-electron chi connectivity index (χ3n) is 5.83. The Morgan fingerprint density at radius 3 is 2.60 bits per heavy atom. The van der Waals surface area contributed by atoms with Gasteiger partial charge in [-0.2, -0.15) is 10.2 Å². The van der Waals surface area contributed by atoms with Crippen LogP contribution in [0.4, 0.5) is 17.3 Å². The fraction of sp³-hybridized carbons (Fsp3) is 0.364. The zero-order valence-electron chi connectivity index (χ0n) is 16.5. The van der Waals surface area contributed by atoms with Gasteiger partial charge in [0, 0.05) is 42.1 Å². The summed E-state index contributed by atoms with van der Waals surface area (Å²) in [5.74, 6) is 0.429. The first-order valence-corrected chi connectivity index (χ1v) is 10.2. The molecule has 3 aromatic rings. The molecule has 5 rings (SSSR count). The van der Waals surface area contributed by atoms with Crippen LogP contribution in [0.15, 0.2) is 41.3 Å². The maximum Gasteiger partial charge on any atom is 0.270 e. The molecule has 1 N–H and O–H groups in total. The molecule has 2 aliphatic rings. The van der Waals surface area contributed by atoms with E-state index in [0.29, 0.717) is 17.0 Å². The lowest BCUT2D eigenvalue weighted by Crippen LogP contribution is -2.36. The van der Waals surface area contributed by atoms with Gasteiger partial charge < -0.3 is 15.0 Å². The fourth-order valence-corrected chi connectivity index (χ4v) is 3.95. The average molecular weight is 402 g/mol. The molecule has 0 amide bonds. The Balaban J connectivity index is 1.45. The molecule has 8 heteroatoms. The van der Waals surface area contributed by atoms with E-state index in [9.17, 15) is 10.1 Å². The number of pyridine rings is 1. The molecule has 1 aliphatic heterocycles. The number of aromatic nitrogens is 3. The molecule has 8 nitrogen and oxygen atoms in total. The molecule has 1 saturated carbocycles. The summed E-state index contributed by atoms with van der Waals surface area (Å²) in [4.78, 5) is 24.1. The van der Waals surface area contributed by atoms with E-state index in [1.165, 1.54) is 0 Å². The summed E-state index contributed by atoms with van der Waals surface area (Å²) in [6, 6.07) is 11.8. The van der Waals surface area contributed by atoms with E-state index in [2.05, 4.69) is 32.3 Å². The van der Waals surface area contributed by atoms with Gasteiger partial charge in [0.1, 0.15) is 17.3 Å². The summed E-state index contributed by atoms with van der Waals surface area (Å²) >= 11 is 0. The molecule has 0 bridgehead atoms. The SMILES string of the molecule is N#Cc1cc2cnc(Nc3ccc(N4CCOCC4)cc3)nc2n(C2CCC2)c1=O. The van der Waals surface area contributed by atoms with Crippen LogP contribution in [-0.2, 0) is 4.74 Å². The van der Waals surface area contributed by atoms with Crippen molar-refractivity contribution in [1.82, 2.24) is 14.5 Å². The number of fused-ring (bicyclic) bond motifs is 1. The fourth-order valence-electron chi connectivity index (χ4n) is 3.95. The summed E-state index contributed by atoms with van der Waals surface area (Å²) in [5.41, 5.74) is 2.47. The van der Waals surface area contributed by atoms with Gasteiger partial charge in [0.15, 0.2) is 0 Å². The topological polar surface area (TPSA) is 96.1 Å². The molecule has 1 saturated heterocycles. The van der Waals surface area contributed by atoms with Gasteiger partial charge in [-0.25, -0.2) is 4.98 Å². The molecule has 30 heavy (non-hydrogen) atoms. The third-order valence-corrected chi connectivity index (χ3v) is 5.83. The predicted octanol–water partition coefficient (Wildman–Crippen LogP) is 2.97. The Bertz CT molecular complexity index is 1170. The van der Waals surface area contributed by atoms with Gasteiger partial charge >= 0.3 is 0 Å². The zero-order valence-corrected chi connectivity index (χ0v) is 16.5. The number of hydrogen-bond acceptors (Lipinski definition) is 7. The zero-order chi connectivity index (χ0) is 20.5. The van der Waals surface area contributed by atoms with Crippen LogP contribution in [0.5, 0.6) is 0 Å². The number of hydrogen-bond donors (Lipinski definition) is 1. The number of nitriles is 1. The maximum absolute atomic E-state index is 12.8. The number of nitrogens with zero attached hydrogens (tertiary/aromatic N) is 5. The second-order valence-corrected chi connectivity index (χ2v) is 7.67. The lowest BCUT2D eigenvalue weighted by molar-refractivity contribution is 0.122. The Hall–Kier alpha value is -3.44. The molecule has 0 spiro atoms. The van der Waals surface area contributed by atoms with Crippen LogP contribution in [0.2, 0.25) is 0 Å². The van der Waals surface area contributed by atoms with E-state index in [0.717, 1.165) is 56.9 Å². The molecule has 1 aliphatic carbocycles. The van der Waals surface area contributed by atoms with Crippen LogP contribution in [-0.4, -0.2) is 40.8 Å². The lowest BCUT2D eigenvalue weighted by Gasteiger charge is -2.29. The first kappa shape index (κ1) is 18.6. The molecule has 2 aromatic heterocycles. The van der Waals surface area contributed by atoms with Gasteiger partial charge in [-0.15, -0.1) is 0 Å². The van der Waals surface area contributed by atoms with Gasteiger partial charge in [-0.05, 0) is 49.6 Å². The van der Waals surface area contributed by atoms with Crippen LogP contribution >= 0.6 is 0 Å². The Labute approximate surface area is 173 Å². The summed E-state index contributed by atoms with van der Waals surface area (Å²) in [5, 5.41) is 13.2. The molecule has 0 radical (unpaired) electrons. The van der Waals surface area contributed by atoms with Gasteiger partial charge in [-0.1, -0.05) is 0 Å². The number of ether oxygens (including phenoxy) is 1. The molecule has 3 heterocycles. The molecule has 0 unspecified atom stereocenters. The standard InChI is InChI=1S/C22H22N6O2/c23-13-15-12-16-14-24-22(26-20(16)28(21(15)29)19-2-1-3-19)25-17-4-6-18(7-5-17)27-8-10-30-11-9-27/h4-7,12,14,19H,1-3,8-11H2,(H,24,25,26). The van der Waals surface area contributed by atoms with Crippen molar-refractivity contribution in [3.05, 3.63) is 52.4 Å². The minimum absolute atomic E-state index is 0.101. The molecule has 0 atom stereocenters. The van der Waals surface area contributed by atoms with Gasteiger partial charge in [0.05, 0.1) is 13.2 Å². The summed E-state index contributed by atoms with van der Waals surface area (Å²) in [7, 11) is 0. The normalized spacial score (nSPS) is 16.8. The highest BCUT2D eigenvalue weighted by atomic mass is 16.5. The van der Waals surface area contributed by atoms with Crippen LogP contribution in [0.1, 0.15) is 30.9 Å². The van der Waals surface area contributed by atoms with Gasteiger partial charge in [-0.3, -0.25) is 9.36 Å². The molecular formula is C22H22N6O2. The average Bonchev–Trinajstić information content (AvgIpc) is 2.75. The van der Waals surface area contributed by atoms with Crippen LogP contribution in [0.3, 0.4) is 0 Å². The number of nitrogens with one attached hydrogen (secondary N) is 1. The van der Waals surface area contributed by atoms with Crippen molar-refractivity contribution in [2.75, 3.05) is 36.5 Å². The maximum atomic E-state index is 12.8.